The van der Waals surface area contributed by atoms with Crippen molar-refractivity contribution >= 4 is 114 Å². The van der Waals surface area contributed by atoms with Gasteiger partial charge in [0.1, 0.15) is 5.69 Å². The predicted octanol–water partition coefficient (Wildman–Crippen LogP) is 8.22. The topological polar surface area (TPSA) is 46.5 Å². The van der Waals surface area contributed by atoms with Crippen LogP contribution in [0.2, 0.25) is 15.1 Å². The number of fused-ring (bicyclic) bond motifs is 8. The molecule has 0 amide bonds. The SMILES string of the molecule is ClC1=C(Cl)c2nc1cc1ccc(cc3nc(cc4c(Cl)c(Cl)c(c2Cl)n4Cl)C=C3)[nH]1. The predicted molar refractivity (Wildman–Crippen MR) is 128 cm³/mol. The molecule has 2 aliphatic rings. The molecule has 0 unspecified atom stereocenters. The molecular weight excluding hydrogens is 509 g/mol. The minimum atomic E-state index is 0.117. The molecule has 150 valence electrons. The molecule has 1 N–H and O–H groups in total. The monoisotopic (exact) mass is 514 g/mol. The Bertz CT molecular complexity index is 1460. The van der Waals surface area contributed by atoms with Gasteiger partial charge in [-0.25, -0.2) is 14.1 Å². The van der Waals surface area contributed by atoms with E-state index in [1.807, 2.05) is 30.4 Å². The van der Waals surface area contributed by atoms with Crippen LogP contribution in [0.4, 0.5) is 0 Å². The molecule has 10 heteroatoms. The van der Waals surface area contributed by atoms with Gasteiger partial charge < -0.3 is 4.98 Å². The van der Waals surface area contributed by atoms with Crippen LogP contribution in [-0.4, -0.2) is 19.0 Å². The Morgan fingerprint density at radius 1 is 0.733 bits per heavy atom. The molecule has 8 bridgehead atoms. The summed E-state index contributed by atoms with van der Waals surface area (Å²) in [4.78, 5) is 12.3. The second kappa shape index (κ2) is 7.49. The Morgan fingerprint density at radius 3 is 2.13 bits per heavy atom. The summed E-state index contributed by atoms with van der Waals surface area (Å²) in [5.74, 6) is 0. The molecule has 5 heterocycles. The van der Waals surface area contributed by atoms with Gasteiger partial charge in [0.25, 0.3) is 0 Å². The van der Waals surface area contributed by atoms with Crippen LogP contribution in [0.3, 0.4) is 0 Å². The normalized spacial score (nSPS) is 13.4. The van der Waals surface area contributed by atoms with E-state index in [-0.39, 0.29) is 36.3 Å². The van der Waals surface area contributed by atoms with Gasteiger partial charge in [0.05, 0.1) is 53.2 Å². The van der Waals surface area contributed by atoms with Gasteiger partial charge in [-0.3, -0.25) is 0 Å². The molecule has 0 radical (unpaired) electrons. The zero-order valence-electron chi connectivity index (χ0n) is 14.7. The van der Waals surface area contributed by atoms with E-state index in [4.69, 9.17) is 69.8 Å². The van der Waals surface area contributed by atoms with Crippen LogP contribution in [0.15, 0.2) is 30.3 Å². The second-order valence-electron chi connectivity index (χ2n) is 6.53. The molecule has 2 aliphatic heterocycles. The van der Waals surface area contributed by atoms with Crippen molar-refractivity contribution in [2.24, 2.45) is 0 Å². The van der Waals surface area contributed by atoms with Gasteiger partial charge in [-0.05, 0) is 42.5 Å². The Morgan fingerprint density at radius 2 is 1.40 bits per heavy atom. The zero-order chi connectivity index (χ0) is 21.2. The summed E-state index contributed by atoms with van der Waals surface area (Å²) in [5.41, 5.74) is 4.44. The molecule has 0 saturated heterocycles. The maximum absolute atomic E-state index is 6.62. The number of rotatable bonds is 0. The van der Waals surface area contributed by atoms with E-state index in [0.717, 1.165) is 16.7 Å². The highest BCUT2D eigenvalue weighted by Crippen LogP contribution is 2.44. The molecule has 3 aromatic rings. The van der Waals surface area contributed by atoms with Crippen LogP contribution >= 0.6 is 69.8 Å². The van der Waals surface area contributed by atoms with E-state index in [1.54, 1.807) is 12.1 Å². The molecule has 0 atom stereocenters. The number of hydrogen-bond donors (Lipinski definition) is 1. The van der Waals surface area contributed by atoms with Crippen molar-refractivity contribution in [3.05, 3.63) is 68.2 Å². The summed E-state index contributed by atoms with van der Waals surface area (Å²) in [6.45, 7) is 0. The summed E-state index contributed by atoms with van der Waals surface area (Å²) >= 11 is 38.9. The van der Waals surface area contributed by atoms with E-state index in [9.17, 15) is 0 Å². The number of hydrogen-bond acceptors (Lipinski definition) is 2. The minimum absolute atomic E-state index is 0.117. The molecule has 0 aliphatic carbocycles. The molecule has 0 spiro atoms. The summed E-state index contributed by atoms with van der Waals surface area (Å²) in [6.07, 6.45) is 3.73. The maximum atomic E-state index is 6.62. The van der Waals surface area contributed by atoms with Crippen molar-refractivity contribution in [1.29, 1.82) is 0 Å². The summed E-state index contributed by atoms with van der Waals surface area (Å²) in [6, 6.07) is 9.21. The van der Waals surface area contributed by atoms with E-state index in [1.165, 1.54) is 4.09 Å². The van der Waals surface area contributed by atoms with Crippen molar-refractivity contribution in [3.8, 4) is 0 Å². The average Bonchev–Trinajstić information content (AvgIpc) is 3.45. The number of nitrogens with zero attached hydrogens (tertiary/aromatic N) is 3. The van der Waals surface area contributed by atoms with Crippen molar-refractivity contribution in [1.82, 2.24) is 19.0 Å². The molecular formula is C20H8Cl6N4. The first-order valence-corrected chi connectivity index (χ1v) is 10.7. The quantitative estimate of drug-likeness (QED) is 0.256. The summed E-state index contributed by atoms with van der Waals surface area (Å²) in [7, 11) is 0. The highest BCUT2D eigenvalue weighted by Gasteiger charge is 2.23. The van der Waals surface area contributed by atoms with Gasteiger partial charge in [0.15, 0.2) is 0 Å². The van der Waals surface area contributed by atoms with Crippen molar-refractivity contribution in [2.75, 3.05) is 0 Å². The van der Waals surface area contributed by atoms with Gasteiger partial charge >= 0.3 is 0 Å². The highest BCUT2D eigenvalue weighted by molar-refractivity contribution is 6.66. The van der Waals surface area contributed by atoms with Crippen LogP contribution in [0.25, 0.3) is 44.3 Å². The maximum Gasteiger partial charge on any atom is 0.105 e. The lowest BCUT2D eigenvalue weighted by atomic mass is 10.3. The average molecular weight is 517 g/mol. The van der Waals surface area contributed by atoms with Gasteiger partial charge in [0.2, 0.25) is 0 Å². The first-order chi connectivity index (χ1) is 14.3. The van der Waals surface area contributed by atoms with E-state index in [2.05, 4.69) is 15.0 Å². The lowest BCUT2D eigenvalue weighted by molar-refractivity contribution is 1.29. The van der Waals surface area contributed by atoms with Crippen LogP contribution in [0.5, 0.6) is 0 Å². The molecule has 4 nitrogen and oxygen atoms in total. The Kier molecular flexibility index (Phi) is 5.05. The Hall–Kier alpha value is -1.66. The minimum Gasteiger partial charge on any atom is -0.355 e. The van der Waals surface area contributed by atoms with E-state index < -0.39 is 0 Å². The number of aromatic amines is 1. The fraction of sp³-hybridized carbons (Fsp3) is 0. The second-order valence-corrected chi connectivity index (χ2v) is 8.76. The van der Waals surface area contributed by atoms with Crippen LogP contribution in [0, 0.1) is 0 Å². The van der Waals surface area contributed by atoms with Crippen molar-refractivity contribution < 1.29 is 0 Å². The molecule has 30 heavy (non-hydrogen) atoms. The fourth-order valence-corrected chi connectivity index (χ4v) is 4.97. The van der Waals surface area contributed by atoms with Gasteiger partial charge in [-0.2, -0.15) is 0 Å². The van der Waals surface area contributed by atoms with Gasteiger partial charge in [-0.15, -0.1) is 0 Å². The summed E-state index contributed by atoms with van der Waals surface area (Å²) < 4.78 is 1.26. The molecule has 3 aromatic heterocycles. The zero-order valence-corrected chi connectivity index (χ0v) is 19.2. The van der Waals surface area contributed by atoms with Crippen LogP contribution in [0.1, 0.15) is 22.8 Å². The lowest BCUT2D eigenvalue weighted by Gasteiger charge is -1.98. The summed E-state index contributed by atoms with van der Waals surface area (Å²) in [5, 5.41) is 0.962. The van der Waals surface area contributed by atoms with Crippen molar-refractivity contribution in [2.45, 2.75) is 0 Å². The fourth-order valence-electron chi connectivity index (χ4n) is 3.20. The largest absolute Gasteiger partial charge is 0.355 e. The third kappa shape index (κ3) is 3.23. The third-order valence-electron chi connectivity index (χ3n) is 4.60. The first-order valence-electron chi connectivity index (χ1n) is 8.51. The molecule has 0 fully saturated rings. The molecule has 0 saturated carbocycles. The van der Waals surface area contributed by atoms with Gasteiger partial charge in [0, 0.05) is 22.8 Å². The van der Waals surface area contributed by atoms with Crippen LogP contribution < -0.4 is 0 Å². The number of aromatic nitrogens is 4. The Balaban J connectivity index is 2.01. The number of halogens is 6. The molecule has 5 rings (SSSR count). The lowest BCUT2D eigenvalue weighted by Crippen LogP contribution is -1.84. The standard InChI is InChI=1S/C20H8Cl6N4/c21-14-12-6-10-3-1-8(27-10)5-9-2-4-11(28-9)7-13-15(22)17(24)20(30(13)26)18(25)19(29-12)16(14)23/h1-7,27H. The van der Waals surface area contributed by atoms with E-state index in [0.29, 0.717) is 16.9 Å². The smallest absolute Gasteiger partial charge is 0.105 e. The van der Waals surface area contributed by atoms with Crippen molar-refractivity contribution in [3.63, 3.8) is 0 Å². The highest BCUT2D eigenvalue weighted by atomic mass is 35.5. The molecule has 0 aromatic carbocycles. The van der Waals surface area contributed by atoms with Gasteiger partial charge in [-0.1, -0.05) is 58.0 Å². The van der Waals surface area contributed by atoms with Crippen LogP contribution in [-0.2, 0) is 0 Å². The number of H-pyrrole nitrogens is 1. The first kappa shape index (κ1) is 20.3. The third-order valence-corrected chi connectivity index (χ3v) is 7.01. The van der Waals surface area contributed by atoms with E-state index >= 15 is 0 Å². The number of nitrogens with one attached hydrogen (secondary N) is 1. The Labute approximate surface area is 200 Å².